The maximum atomic E-state index is 11.7. The van der Waals surface area contributed by atoms with Crippen LogP contribution >= 0.6 is 11.3 Å². The third-order valence-electron chi connectivity index (χ3n) is 9.27. The van der Waals surface area contributed by atoms with Crippen molar-refractivity contribution in [1.29, 1.82) is 0 Å². The predicted molar refractivity (Wildman–Crippen MR) is 188 cm³/mol. The van der Waals surface area contributed by atoms with Crippen LogP contribution in [0.2, 0.25) is 0 Å². The van der Waals surface area contributed by atoms with Crippen LogP contribution in [-0.2, 0) is 30.3 Å². The van der Waals surface area contributed by atoms with Crippen molar-refractivity contribution in [2.75, 3.05) is 0 Å². The number of aromatic nitrogens is 1. The van der Waals surface area contributed by atoms with Crippen molar-refractivity contribution < 1.29 is 30.0 Å². The van der Waals surface area contributed by atoms with Crippen molar-refractivity contribution in [3.8, 4) is 21.7 Å². The summed E-state index contributed by atoms with van der Waals surface area (Å²) in [5.74, 6) is 0.547. The maximum Gasteiger partial charge on any atom is 0.162 e. The number of aliphatic hydroxyl groups is 1. The van der Waals surface area contributed by atoms with Crippen LogP contribution in [0.15, 0.2) is 78.6 Å². The molecule has 237 valence electrons. The first-order valence-electron chi connectivity index (χ1n) is 16.0. The van der Waals surface area contributed by atoms with Gasteiger partial charge in [0.1, 0.15) is 0 Å². The van der Waals surface area contributed by atoms with Crippen molar-refractivity contribution in [2.45, 2.75) is 79.6 Å². The number of aryl methyl sites for hydroxylation is 1. The quantitative estimate of drug-likeness (QED) is 0.0967. The third-order valence-corrected chi connectivity index (χ3v) is 10.5. The van der Waals surface area contributed by atoms with Crippen LogP contribution in [0.1, 0.15) is 83.9 Å². The number of rotatable bonds is 8. The molecule has 1 aliphatic carbocycles. The SMILES string of the molecule is CCC(CC)C(=O)/C=C(\O)C(CC)CC.Cc1ccc2nc(-c3[c-]ccc4c3C(C)(C)c3c-4sc4ccccc34)ccc2c1.[Ir]. The van der Waals surface area contributed by atoms with Gasteiger partial charge in [-0.05, 0) is 78.3 Å². The number of carbonyl (C=O) groups is 1. The third kappa shape index (κ3) is 6.73. The Morgan fingerprint density at radius 1 is 0.933 bits per heavy atom. The molecule has 2 heterocycles. The van der Waals surface area contributed by atoms with E-state index in [2.05, 4.69) is 93.6 Å². The van der Waals surface area contributed by atoms with Crippen LogP contribution in [0.25, 0.3) is 42.7 Å². The second-order valence-corrected chi connectivity index (χ2v) is 13.5. The molecule has 0 bridgehead atoms. The Labute approximate surface area is 286 Å². The van der Waals surface area contributed by atoms with E-state index < -0.39 is 0 Å². The summed E-state index contributed by atoms with van der Waals surface area (Å²) in [5, 5.41) is 12.3. The van der Waals surface area contributed by atoms with Crippen molar-refractivity contribution >= 4 is 38.1 Å². The fourth-order valence-corrected chi connectivity index (χ4v) is 8.08. The first-order chi connectivity index (χ1) is 21.1. The summed E-state index contributed by atoms with van der Waals surface area (Å²) in [7, 11) is 0. The van der Waals surface area contributed by atoms with Crippen molar-refractivity contribution in [1.82, 2.24) is 4.98 Å². The molecular weight excluding hydrogens is 751 g/mol. The van der Waals surface area contributed by atoms with E-state index in [0.29, 0.717) is 0 Å². The molecule has 5 aromatic rings. The molecule has 45 heavy (non-hydrogen) atoms. The molecule has 1 radical (unpaired) electrons. The molecule has 2 aromatic heterocycles. The van der Waals surface area contributed by atoms with Gasteiger partial charge < -0.3 is 5.11 Å². The number of aliphatic hydroxyl groups excluding tert-OH is 1. The Morgan fingerprint density at radius 2 is 1.62 bits per heavy atom. The summed E-state index contributed by atoms with van der Waals surface area (Å²) < 4.78 is 1.37. The number of nitrogens with zero attached hydrogens (tertiary/aromatic N) is 1. The molecule has 0 amide bonds. The van der Waals surface area contributed by atoms with Gasteiger partial charge in [0.25, 0.3) is 0 Å². The van der Waals surface area contributed by atoms with Gasteiger partial charge in [-0.25, -0.2) is 0 Å². The summed E-state index contributed by atoms with van der Waals surface area (Å²) in [6.07, 6.45) is 4.91. The van der Waals surface area contributed by atoms with Gasteiger partial charge in [-0.3, -0.25) is 9.78 Å². The summed E-state index contributed by atoms with van der Waals surface area (Å²) in [4.78, 5) is 18.1. The number of carbonyl (C=O) groups excluding carboxylic acids is 1. The number of pyridine rings is 1. The molecular formula is C40H44IrNO2S-. The van der Waals surface area contributed by atoms with Crippen LogP contribution in [0.4, 0.5) is 0 Å². The molecule has 6 rings (SSSR count). The largest absolute Gasteiger partial charge is 0.512 e. The van der Waals surface area contributed by atoms with Gasteiger partial charge in [0, 0.05) is 47.6 Å². The van der Waals surface area contributed by atoms with Gasteiger partial charge >= 0.3 is 0 Å². The Bertz CT molecular complexity index is 1840. The minimum atomic E-state index is -0.0821. The van der Waals surface area contributed by atoms with Gasteiger partial charge in [-0.15, -0.1) is 40.7 Å². The molecule has 0 fully saturated rings. The van der Waals surface area contributed by atoms with Crippen LogP contribution in [-0.4, -0.2) is 15.9 Å². The summed E-state index contributed by atoms with van der Waals surface area (Å²) in [5.41, 5.74) is 8.49. The van der Waals surface area contributed by atoms with E-state index in [9.17, 15) is 9.90 Å². The van der Waals surface area contributed by atoms with Crippen molar-refractivity contribution in [3.63, 3.8) is 0 Å². The Kier molecular flexibility index (Phi) is 11.2. The van der Waals surface area contributed by atoms with Crippen molar-refractivity contribution in [2.24, 2.45) is 11.8 Å². The second-order valence-electron chi connectivity index (χ2n) is 12.5. The van der Waals surface area contributed by atoms with Crippen LogP contribution in [0, 0.1) is 24.8 Å². The van der Waals surface area contributed by atoms with E-state index in [1.165, 1.54) is 48.7 Å². The standard InChI is InChI=1S/C27H20NS.C13H24O2.Ir/c1-16-11-13-21-17(15-16)12-14-22(28-21)18-8-6-9-20-24(18)27(2,3)25-19-7-4-5-10-23(19)29-26(20)25;1-5-10(6-2)12(14)9-13(15)11(7-3)8-4;/h4-7,9-15H,1-3H3;9-11,14H,5-8H2,1-4H3;/q-1;;/b;12-9-;. The average Bonchev–Trinajstić information content (AvgIpc) is 3.52. The van der Waals surface area contributed by atoms with Gasteiger partial charge in [0.15, 0.2) is 5.78 Å². The summed E-state index contributed by atoms with van der Waals surface area (Å²) in [6, 6.07) is 27.4. The molecule has 0 atom stereocenters. The molecule has 0 unspecified atom stereocenters. The van der Waals surface area contributed by atoms with E-state index >= 15 is 0 Å². The molecule has 0 saturated carbocycles. The zero-order valence-corrected chi connectivity index (χ0v) is 30.7. The molecule has 1 N–H and O–H groups in total. The van der Waals surface area contributed by atoms with Crippen LogP contribution < -0.4 is 0 Å². The Hall–Kier alpha value is -3.11. The molecule has 5 heteroatoms. The van der Waals surface area contributed by atoms with Gasteiger partial charge in [-0.1, -0.05) is 89.1 Å². The number of fused-ring (bicyclic) bond motifs is 6. The average molecular weight is 795 g/mol. The number of thiophene rings is 1. The first kappa shape index (κ1) is 34.8. The second kappa shape index (κ2) is 14.5. The fourth-order valence-electron chi connectivity index (χ4n) is 6.68. The topological polar surface area (TPSA) is 50.2 Å². The smallest absolute Gasteiger partial charge is 0.162 e. The normalized spacial score (nSPS) is 13.4. The van der Waals surface area contributed by atoms with E-state index in [1.54, 1.807) is 0 Å². The van der Waals surface area contributed by atoms with E-state index in [-0.39, 0.29) is 48.9 Å². The first-order valence-corrected chi connectivity index (χ1v) is 16.9. The minimum absolute atomic E-state index is 0. The maximum absolute atomic E-state index is 11.7. The Morgan fingerprint density at radius 3 is 2.31 bits per heavy atom. The summed E-state index contributed by atoms with van der Waals surface area (Å²) >= 11 is 1.91. The van der Waals surface area contributed by atoms with Gasteiger partial charge in [-0.2, -0.15) is 0 Å². The molecule has 0 aliphatic heterocycles. The monoisotopic (exact) mass is 795 g/mol. The predicted octanol–water partition coefficient (Wildman–Crippen LogP) is 11.4. The fraction of sp³-hybridized carbons (Fsp3) is 0.350. The minimum Gasteiger partial charge on any atom is -0.512 e. The van der Waals surface area contributed by atoms with Gasteiger partial charge in [0.05, 0.1) is 11.3 Å². The zero-order valence-electron chi connectivity index (χ0n) is 27.5. The van der Waals surface area contributed by atoms with E-state index in [1.807, 2.05) is 39.0 Å². The number of benzene rings is 3. The number of hydrogen-bond donors (Lipinski definition) is 1. The number of ketones is 1. The molecule has 0 spiro atoms. The summed E-state index contributed by atoms with van der Waals surface area (Å²) in [6.45, 7) is 14.9. The molecule has 3 nitrogen and oxygen atoms in total. The number of hydrogen-bond acceptors (Lipinski definition) is 4. The van der Waals surface area contributed by atoms with E-state index in [0.717, 1.165) is 42.5 Å². The van der Waals surface area contributed by atoms with Crippen molar-refractivity contribution in [3.05, 3.63) is 101 Å². The molecule has 1 aliphatic rings. The molecule has 0 saturated heterocycles. The molecule has 3 aromatic carbocycles. The Balaban J connectivity index is 0.000000249. The zero-order chi connectivity index (χ0) is 31.6. The van der Waals surface area contributed by atoms with Crippen LogP contribution in [0.5, 0.6) is 0 Å². The van der Waals surface area contributed by atoms with E-state index in [4.69, 9.17) is 4.98 Å². The number of allylic oxidation sites excluding steroid dienone is 2. The van der Waals surface area contributed by atoms with Crippen LogP contribution in [0.3, 0.4) is 0 Å². The van der Waals surface area contributed by atoms with Gasteiger partial charge in [0.2, 0.25) is 0 Å².